The number of nitrogens with zero attached hydrogens (tertiary/aromatic N) is 6. The Morgan fingerprint density at radius 3 is 2.58 bits per heavy atom. The van der Waals surface area contributed by atoms with Crippen LogP contribution in [-0.2, 0) is 20.0 Å². The number of hydrogen-bond donors (Lipinski definition) is 0. The van der Waals surface area contributed by atoms with Gasteiger partial charge in [-0.25, -0.2) is 15.0 Å². The summed E-state index contributed by atoms with van der Waals surface area (Å²) in [6.45, 7) is 5.45. The van der Waals surface area contributed by atoms with Gasteiger partial charge < -0.3 is 4.57 Å². The molecule has 0 amide bonds. The Morgan fingerprint density at radius 1 is 1.12 bits per heavy atom. The first-order valence-electron chi connectivity index (χ1n) is 9.09. The minimum atomic E-state index is 0.696. The Kier molecular flexibility index (Phi) is 5.08. The lowest BCUT2D eigenvalue weighted by atomic mass is 9.92. The van der Waals surface area contributed by atoms with Gasteiger partial charge in [-0.1, -0.05) is 0 Å². The smallest absolute Gasteiger partial charge is 0.159 e. The summed E-state index contributed by atoms with van der Waals surface area (Å²) in [5.74, 6) is 1.55. The molecule has 0 atom stereocenters. The van der Waals surface area contributed by atoms with Crippen molar-refractivity contribution in [3.05, 3.63) is 46.6 Å². The van der Waals surface area contributed by atoms with E-state index in [4.69, 9.17) is 0 Å². The van der Waals surface area contributed by atoms with Crippen molar-refractivity contribution in [3.63, 3.8) is 0 Å². The Hall–Kier alpha value is -2.12. The molecule has 1 aliphatic rings. The van der Waals surface area contributed by atoms with Gasteiger partial charge in [0.2, 0.25) is 0 Å². The van der Waals surface area contributed by atoms with Crippen LogP contribution in [0.5, 0.6) is 0 Å². The Bertz CT molecular complexity index is 845. The minimum Gasteiger partial charge on any atom is -0.333 e. The van der Waals surface area contributed by atoms with Crippen LogP contribution in [0.3, 0.4) is 0 Å². The standard InChI is InChI=1S/C19H24N6S/c1-14-18(26-13-23-14)12-25-6-3-15(4-7-25)9-16-10-22-17(11-21-16)19-20-5-8-24(19)2/h5,8,10-11,13,15H,3-4,6-7,9,12H2,1-2H3. The van der Waals surface area contributed by atoms with Crippen LogP contribution in [0.2, 0.25) is 0 Å². The topological polar surface area (TPSA) is 59.7 Å². The van der Waals surface area contributed by atoms with Crippen molar-refractivity contribution in [2.75, 3.05) is 13.1 Å². The third kappa shape index (κ3) is 3.83. The van der Waals surface area contributed by atoms with Gasteiger partial charge in [-0.2, -0.15) is 0 Å². The van der Waals surface area contributed by atoms with E-state index in [1.807, 2.05) is 35.7 Å². The first-order valence-corrected chi connectivity index (χ1v) is 9.97. The van der Waals surface area contributed by atoms with Gasteiger partial charge in [-0.15, -0.1) is 11.3 Å². The van der Waals surface area contributed by atoms with E-state index in [9.17, 15) is 0 Å². The fourth-order valence-electron chi connectivity index (χ4n) is 3.51. The minimum absolute atomic E-state index is 0.696. The van der Waals surface area contributed by atoms with Gasteiger partial charge in [0.05, 0.1) is 23.1 Å². The fourth-order valence-corrected chi connectivity index (χ4v) is 4.33. The molecule has 0 saturated carbocycles. The van der Waals surface area contributed by atoms with E-state index in [0.717, 1.165) is 43.3 Å². The molecule has 1 aliphatic heterocycles. The Balaban J connectivity index is 1.30. The second-order valence-corrected chi connectivity index (χ2v) is 7.98. The molecule has 7 heteroatoms. The molecule has 4 rings (SSSR count). The van der Waals surface area contributed by atoms with E-state index < -0.39 is 0 Å². The maximum Gasteiger partial charge on any atom is 0.159 e. The molecule has 0 bridgehead atoms. The maximum atomic E-state index is 4.63. The zero-order valence-electron chi connectivity index (χ0n) is 15.3. The summed E-state index contributed by atoms with van der Waals surface area (Å²) in [7, 11) is 1.97. The summed E-state index contributed by atoms with van der Waals surface area (Å²) >= 11 is 1.77. The maximum absolute atomic E-state index is 4.63. The highest BCUT2D eigenvalue weighted by atomic mass is 32.1. The molecule has 0 radical (unpaired) electrons. The van der Waals surface area contributed by atoms with E-state index in [1.165, 1.54) is 23.4 Å². The number of aromatic nitrogens is 5. The van der Waals surface area contributed by atoms with Gasteiger partial charge in [-0.05, 0) is 45.2 Å². The van der Waals surface area contributed by atoms with Crippen molar-refractivity contribution >= 4 is 11.3 Å². The molecular formula is C19H24N6S. The molecule has 4 heterocycles. The van der Waals surface area contributed by atoms with Crippen molar-refractivity contribution in [2.24, 2.45) is 13.0 Å². The van der Waals surface area contributed by atoms with Gasteiger partial charge in [0.1, 0.15) is 5.69 Å². The lowest BCUT2D eigenvalue weighted by Gasteiger charge is -2.31. The molecule has 0 aromatic carbocycles. The number of hydrogen-bond acceptors (Lipinski definition) is 6. The average Bonchev–Trinajstić information content (AvgIpc) is 3.26. The molecule has 3 aromatic heterocycles. The molecule has 0 aliphatic carbocycles. The Morgan fingerprint density at radius 2 is 1.96 bits per heavy atom. The van der Waals surface area contributed by atoms with Crippen molar-refractivity contribution < 1.29 is 0 Å². The highest BCUT2D eigenvalue weighted by Gasteiger charge is 2.21. The van der Waals surface area contributed by atoms with E-state index >= 15 is 0 Å². The van der Waals surface area contributed by atoms with E-state index in [1.54, 1.807) is 17.5 Å². The van der Waals surface area contributed by atoms with E-state index in [2.05, 4.69) is 31.8 Å². The van der Waals surface area contributed by atoms with Crippen LogP contribution in [0.25, 0.3) is 11.5 Å². The van der Waals surface area contributed by atoms with Gasteiger partial charge >= 0.3 is 0 Å². The SMILES string of the molecule is Cc1ncsc1CN1CCC(Cc2cnc(-c3nccn3C)cn2)CC1. The Labute approximate surface area is 158 Å². The molecule has 0 unspecified atom stereocenters. The summed E-state index contributed by atoms with van der Waals surface area (Å²) in [5, 5.41) is 0. The van der Waals surface area contributed by atoms with Crippen LogP contribution in [0.15, 0.2) is 30.3 Å². The number of thiazole rings is 1. The number of piperidine rings is 1. The van der Waals surface area contributed by atoms with Crippen molar-refractivity contribution in [1.29, 1.82) is 0 Å². The predicted molar refractivity (Wildman–Crippen MR) is 103 cm³/mol. The largest absolute Gasteiger partial charge is 0.333 e. The molecule has 0 spiro atoms. The summed E-state index contributed by atoms with van der Waals surface area (Å²) in [4.78, 5) is 21.8. The molecule has 136 valence electrons. The van der Waals surface area contributed by atoms with Gasteiger partial charge in [-0.3, -0.25) is 9.88 Å². The second kappa shape index (κ2) is 7.63. The monoisotopic (exact) mass is 368 g/mol. The van der Waals surface area contributed by atoms with Crippen LogP contribution in [0.1, 0.15) is 29.1 Å². The summed E-state index contributed by atoms with van der Waals surface area (Å²) < 4.78 is 1.96. The molecule has 6 nitrogen and oxygen atoms in total. The van der Waals surface area contributed by atoms with Crippen LogP contribution >= 0.6 is 11.3 Å². The molecule has 26 heavy (non-hydrogen) atoms. The quantitative estimate of drug-likeness (QED) is 0.693. The number of imidazole rings is 1. The normalized spacial score (nSPS) is 16.2. The molecule has 1 fully saturated rings. The van der Waals surface area contributed by atoms with Gasteiger partial charge in [0, 0.05) is 37.1 Å². The van der Waals surface area contributed by atoms with Crippen LogP contribution in [-0.4, -0.2) is 42.5 Å². The van der Waals surface area contributed by atoms with Crippen molar-refractivity contribution in [2.45, 2.75) is 32.7 Å². The number of rotatable bonds is 5. The summed E-state index contributed by atoms with van der Waals surface area (Å²) in [6.07, 6.45) is 10.9. The second-order valence-electron chi connectivity index (χ2n) is 7.04. The lowest BCUT2D eigenvalue weighted by molar-refractivity contribution is 0.177. The zero-order chi connectivity index (χ0) is 17.9. The van der Waals surface area contributed by atoms with Gasteiger partial charge in [0.25, 0.3) is 0 Å². The summed E-state index contributed by atoms with van der Waals surface area (Å²) in [5.41, 5.74) is 5.04. The van der Waals surface area contributed by atoms with Gasteiger partial charge in [0.15, 0.2) is 5.82 Å². The zero-order valence-corrected chi connectivity index (χ0v) is 16.1. The predicted octanol–water partition coefficient (Wildman–Crippen LogP) is 3.10. The first kappa shape index (κ1) is 17.3. The fraction of sp³-hybridized carbons (Fsp3) is 0.474. The molecule has 0 N–H and O–H groups in total. The first-order chi connectivity index (χ1) is 12.7. The third-order valence-corrected chi connectivity index (χ3v) is 6.09. The highest BCUT2D eigenvalue weighted by Crippen LogP contribution is 2.24. The number of likely N-dealkylation sites (tertiary alicyclic amines) is 1. The number of aryl methyl sites for hydroxylation is 2. The van der Waals surface area contributed by atoms with Crippen molar-refractivity contribution in [1.82, 2.24) is 29.4 Å². The third-order valence-electron chi connectivity index (χ3n) is 5.17. The average molecular weight is 369 g/mol. The van der Waals surface area contributed by atoms with E-state index in [-0.39, 0.29) is 0 Å². The van der Waals surface area contributed by atoms with E-state index in [0.29, 0.717) is 5.92 Å². The molecule has 1 saturated heterocycles. The highest BCUT2D eigenvalue weighted by molar-refractivity contribution is 7.09. The van der Waals surface area contributed by atoms with Crippen LogP contribution < -0.4 is 0 Å². The molecular weight excluding hydrogens is 344 g/mol. The molecule has 3 aromatic rings. The van der Waals surface area contributed by atoms with Crippen molar-refractivity contribution in [3.8, 4) is 11.5 Å². The lowest BCUT2D eigenvalue weighted by Crippen LogP contribution is -2.33. The van der Waals surface area contributed by atoms with Crippen LogP contribution in [0.4, 0.5) is 0 Å². The van der Waals surface area contributed by atoms with Crippen LogP contribution in [0, 0.1) is 12.8 Å². The summed E-state index contributed by atoms with van der Waals surface area (Å²) in [6, 6.07) is 0.